The van der Waals surface area contributed by atoms with Crippen LogP contribution in [0, 0.1) is 28.6 Å². The van der Waals surface area contributed by atoms with Crippen LogP contribution in [-0.4, -0.2) is 46.9 Å². The topological polar surface area (TPSA) is 99.1 Å². The van der Waals surface area contributed by atoms with Gasteiger partial charge in [0.05, 0.1) is 0 Å². The smallest absolute Gasteiger partial charge is 0.447 e. The summed E-state index contributed by atoms with van der Waals surface area (Å²) in [4.78, 5) is 37.4. The molecule has 0 aromatic heterocycles. The van der Waals surface area contributed by atoms with Gasteiger partial charge in [0.15, 0.2) is 17.5 Å². The lowest BCUT2D eigenvalue weighted by molar-refractivity contribution is -0.185. The third-order valence-electron chi connectivity index (χ3n) is 10.7. The lowest BCUT2D eigenvalue weighted by Crippen LogP contribution is -2.54. The Kier molecular flexibility index (Phi) is 6.95. The molecule has 0 bridgehead atoms. The van der Waals surface area contributed by atoms with Gasteiger partial charge in [0.1, 0.15) is 12.2 Å². The molecular formula is C28H39ClO7. The van der Waals surface area contributed by atoms with E-state index in [4.69, 9.17) is 25.8 Å². The molecule has 1 N–H and O–H groups in total. The SMILES string of the molecule is C[C@]12CC[C@H]3[C@@H](CCC4=CC(=O)CC[C@@]43C)[C@@H]1CC[C@H]2OC(=O)OC1CCCCC1(O)C(=O)OCCl. The number of carbonyl (C=O) groups excluding carboxylic acids is 3. The number of allylic oxidation sites excluding steroid dienone is 1. The number of ketones is 1. The van der Waals surface area contributed by atoms with E-state index >= 15 is 0 Å². The molecular weight excluding hydrogens is 484 g/mol. The number of aliphatic hydroxyl groups is 1. The summed E-state index contributed by atoms with van der Waals surface area (Å²) >= 11 is 5.52. The second-order valence-electron chi connectivity index (χ2n) is 12.3. The molecule has 2 unspecified atom stereocenters. The van der Waals surface area contributed by atoms with Gasteiger partial charge in [-0.05, 0) is 99.9 Å². The summed E-state index contributed by atoms with van der Waals surface area (Å²) < 4.78 is 16.3. The van der Waals surface area contributed by atoms with Gasteiger partial charge in [-0.15, -0.1) is 0 Å². The second kappa shape index (κ2) is 9.61. The first-order valence-corrected chi connectivity index (χ1v) is 14.2. The first kappa shape index (κ1) is 26.0. The Morgan fingerprint density at radius 1 is 0.972 bits per heavy atom. The van der Waals surface area contributed by atoms with Crippen molar-refractivity contribution in [1.82, 2.24) is 0 Å². The van der Waals surface area contributed by atoms with Crippen molar-refractivity contribution in [3.05, 3.63) is 11.6 Å². The fourth-order valence-electron chi connectivity index (χ4n) is 8.65. The summed E-state index contributed by atoms with van der Waals surface area (Å²) in [7, 11) is 0. The zero-order valence-electron chi connectivity index (χ0n) is 21.4. The van der Waals surface area contributed by atoms with E-state index in [1.54, 1.807) is 0 Å². The van der Waals surface area contributed by atoms with Gasteiger partial charge < -0.3 is 19.3 Å². The Hall–Kier alpha value is -1.60. The highest BCUT2D eigenvalue weighted by Gasteiger charge is 2.60. The maximum atomic E-state index is 12.9. The number of carbonyl (C=O) groups is 3. The third-order valence-corrected chi connectivity index (χ3v) is 10.8. The lowest BCUT2D eigenvalue weighted by Gasteiger charge is -2.57. The number of hydrogen-bond acceptors (Lipinski definition) is 7. The standard InChI is InChI=1S/C28H39ClO7/c1-26-13-10-18(30)15-17(26)6-7-19-20-8-9-22(27(20,2)14-11-21(19)26)35-25(32)36-23-5-3-4-12-28(23,33)24(31)34-16-29/h15,19-23,33H,3-14,16H2,1-2H3/t19-,20-,21-,22+,23?,26-,27-,28?/m0/s1. The van der Waals surface area contributed by atoms with Crippen LogP contribution in [0.3, 0.4) is 0 Å². The molecule has 5 aliphatic rings. The van der Waals surface area contributed by atoms with Crippen molar-refractivity contribution < 1.29 is 33.7 Å². The van der Waals surface area contributed by atoms with Gasteiger partial charge in [0.2, 0.25) is 0 Å². The molecule has 7 nitrogen and oxygen atoms in total. The van der Waals surface area contributed by atoms with Gasteiger partial charge in [-0.1, -0.05) is 31.0 Å². The normalized spacial score (nSPS) is 43.9. The monoisotopic (exact) mass is 522 g/mol. The third kappa shape index (κ3) is 4.18. The maximum Gasteiger partial charge on any atom is 0.508 e. The number of ether oxygens (including phenoxy) is 3. The minimum Gasteiger partial charge on any atom is -0.447 e. The Morgan fingerprint density at radius 2 is 1.75 bits per heavy atom. The van der Waals surface area contributed by atoms with Gasteiger partial charge >= 0.3 is 12.1 Å². The quantitative estimate of drug-likeness (QED) is 0.387. The fourth-order valence-corrected chi connectivity index (χ4v) is 8.75. The van der Waals surface area contributed by atoms with Crippen LogP contribution in [0.4, 0.5) is 4.79 Å². The van der Waals surface area contributed by atoms with Crippen LogP contribution in [0.2, 0.25) is 0 Å². The largest absolute Gasteiger partial charge is 0.508 e. The number of hydrogen-bond donors (Lipinski definition) is 1. The predicted molar refractivity (Wildman–Crippen MR) is 132 cm³/mol. The molecule has 0 aromatic rings. The Labute approximate surface area is 218 Å². The Bertz CT molecular complexity index is 948. The van der Waals surface area contributed by atoms with Gasteiger partial charge in [-0.25, -0.2) is 9.59 Å². The van der Waals surface area contributed by atoms with E-state index in [-0.39, 0.29) is 35.2 Å². The number of alkyl halides is 1. The lowest BCUT2D eigenvalue weighted by atomic mass is 9.47. The van der Waals surface area contributed by atoms with Crippen molar-refractivity contribution >= 4 is 29.5 Å². The number of halogens is 1. The van der Waals surface area contributed by atoms with Crippen molar-refractivity contribution in [3.8, 4) is 0 Å². The van der Waals surface area contributed by atoms with Gasteiger partial charge in [0.25, 0.3) is 0 Å². The number of fused-ring (bicyclic) bond motifs is 5. The molecule has 0 heterocycles. The van der Waals surface area contributed by atoms with Crippen LogP contribution >= 0.6 is 11.6 Å². The predicted octanol–water partition coefficient (Wildman–Crippen LogP) is 5.45. The molecule has 0 saturated heterocycles. The summed E-state index contributed by atoms with van der Waals surface area (Å²) in [5.74, 6) is 1.02. The highest BCUT2D eigenvalue weighted by Crippen LogP contribution is 2.65. The Balaban J connectivity index is 1.26. The van der Waals surface area contributed by atoms with Crippen molar-refractivity contribution in [2.24, 2.45) is 28.6 Å². The van der Waals surface area contributed by atoms with E-state index in [0.717, 1.165) is 51.4 Å². The molecule has 4 saturated carbocycles. The van der Waals surface area contributed by atoms with E-state index in [2.05, 4.69) is 13.8 Å². The van der Waals surface area contributed by atoms with Crippen LogP contribution in [-0.2, 0) is 23.8 Å². The van der Waals surface area contributed by atoms with Crippen LogP contribution in [0.5, 0.6) is 0 Å². The minimum atomic E-state index is -1.89. The average Bonchev–Trinajstić information content (AvgIpc) is 3.17. The summed E-state index contributed by atoms with van der Waals surface area (Å²) in [6, 6.07) is -0.366. The molecule has 0 spiro atoms. The van der Waals surface area contributed by atoms with E-state index in [1.165, 1.54) is 5.57 Å². The van der Waals surface area contributed by atoms with E-state index in [9.17, 15) is 19.5 Å². The molecule has 0 aromatic carbocycles. The van der Waals surface area contributed by atoms with Crippen molar-refractivity contribution in [2.75, 3.05) is 6.07 Å². The highest BCUT2D eigenvalue weighted by molar-refractivity contribution is 6.17. The first-order chi connectivity index (χ1) is 17.1. The molecule has 200 valence electrons. The average molecular weight is 523 g/mol. The molecule has 0 radical (unpaired) electrons. The number of rotatable bonds is 4. The van der Waals surface area contributed by atoms with E-state index < -0.39 is 23.8 Å². The molecule has 36 heavy (non-hydrogen) atoms. The fraction of sp³-hybridized carbons (Fsp3) is 0.821. The summed E-state index contributed by atoms with van der Waals surface area (Å²) in [5.41, 5.74) is -0.552. The van der Waals surface area contributed by atoms with E-state index in [0.29, 0.717) is 37.0 Å². The molecule has 8 atom stereocenters. The number of esters is 1. The molecule has 0 aliphatic heterocycles. The molecule has 8 heteroatoms. The van der Waals surface area contributed by atoms with Gasteiger partial charge in [-0.3, -0.25) is 4.79 Å². The molecule has 5 rings (SSSR count). The Morgan fingerprint density at radius 3 is 2.53 bits per heavy atom. The highest BCUT2D eigenvalue weighted by atomic mass is 35.5. The molecule has 5 aliphatic carbocycles. The summed E-state index contributed by atoms with van der Waals surface area (Å²) in [6.07, 6.45) is 9.29. The minimum absolute atomic E-state index is 0.110. The first-order valence-electron chi connectivity index (χ1n) is 13.7. The van der Waals surface area contributed by atoms with Crippen LogP contribution < -0.4 is 0 Å². The summed E-state index contributed by atoms with van der Waals surface area (Å²) in [5, 5.41) is 11.0. The van der Waals surface area contributed by atoms with Crippen LogP contribution in [0.1, 0.15) is 90.9 Å². The maximum absolute atomic E-state index is 12.9. The zero-order chi connectivity index (χ0) is 25.7. The molecule has 0 amide bonds. The van der Waals surface area contributed by atoms with E-state index in [1.807, 2.05) is 6.08 Å². The second-order valence-corrected chi connectivity index (χ2v) is 12.5. The van der Waals surface area contributed by atoms with Gasteiger partial charge in [0, 0.05) is 11.8 Å². The zero-order valence-corrected chi connectivity index (χ0v) is 22.2. The molecule has 4 fully saturated rings. The van der Waals surface area contributed by atoms with Crippen LogP contribution in [0.15, 0.2) is 11.6 Å². The van der Waals surface area contributed by atoms with Crippen molar-refractivity contribution in [2.45, 2.75) is 109 Å². The summed E-state index contributed by atoms with van der Waals surface area (Å²) in [6.45, 7) is 4.62. The van der Waals surface area contributed by atoms with Crippen molar-refractivity contribution in [1.29, 1.82) is 0 Å². The van der Waals surface area contributed by atoms with Crippen LogP contribution in [0.25, 0.3) is 0 Å². The van der Waals surface area contributed by atoms with Gasteiger partial charge in [-0.2, -0.15) is 0 Å². The van der Waals surface area contributed by atoms with Crippen molar-refractivity contribution in [3.63, 3.8) is 0 Å².